The van der Waals surface area contributed by atoms with Crippen molar-refractivity contribution in [3.8, 4) is 0 Å². The first-order valence-corrected chi connectivity index (χ1v) is 13.6. The Kier molecular flexibility index (Phi) is 8.40. The normalized spacial score (nSPS) is 19.6. The van der Waals surface area contributed by atoms with Crippen LogP contribution in [-0.2, 0) is 0 Å². The lowest BCUT2D eigenvalue weighted by molar-refractivity contribution is -0.0876. The minimum absolute atomic E-state index is 0.0629. The molecule has 0 amide bonds. The number of aliphatic hydroxyl groups excluding tert-OH is 1. The number of halogens is 2. The fourth-order valence-electron chi connectivity index (χ4n) is 4.96. The van der Waals surface area contributed by atoms with Crippen LogP contribution in [-0.4, -0.2) is 54.8 Å². The molecule has 2 saturated carbocycles. The maximum Gasteiger partial charge on any atom is 0.249 e. The quantitative estimate of drug-likeness (QED) is 0.229. The number of aliphatic hydroxyl groups is 1. The Morgan fingerprint density at radius 2 is 1.89 bits per heavy atom. The van der Waals surface area contributed by atoms with Gasteiger partial charge >= 0.3 is 0 Å². The number of alkyl halides is 2. The summed E-state index contributed by atoms with van der Waals surface area (Å²) in [5.41, 5.74) is 5.27. The van der Waals surface area contributed by atoms with Gasteiger partial charge in [-0.25, -0.2) is 13.8 Å². The molecule has 9 heteroatoms. The average molecular weight is 519 g/mol. The lowest BCUT2D eigenvalue weighted by Gasteiger charge is -2.34. The number of hydrogen-bond donors (Lipinski definition) is 3. The highest BCUT2D eigenvalue weighted by molar-refractivity contribution is 8.00. The fraction of sp³-hybridized carbons (Fsp3) is 0.556. The second-order valence-electron chi connectivity index (χ2n) is 10.2. The summed E-state index contributed by atoms with van der Waals surface area (Å²) in [6.07, 6.45) is 6.10. The molecule has 2 heterocycles. The molecule has 2 aliphatic carbocycles. The number of aromatic nitrogens is 1. The zero-order valence-corrected chi connectivity index (χ0v) is 21.8. The van der Waals surface area contributed by atoms with Crippen LogP contribution >= 0.6 is 11.9 Å². The van der Waals surface area contributed by atoms with Crippen LogP contribution in [0.2, 0.25) is 0 Å². The predicted octanol–water partition coefficient (Wildman–Crippen LogP) is 5.88. The lowest BCUT2D eigenvalue weighted by Crippen LogP contribution is -2.35. The maximum atomic E-state index is 12.7. The number of piperidine rings is 1. The summed E-state index contributed by atoms with van der Waals surface area (Å²) in [6, 6.07) is 9.65. The van der Waals surface area contributed by atoms with Crippen LogP contribution in [0.25, 0.3) is 0 Å². The molecular weight excluding hydrogens is 482 g/mol. The van der Waals surface area contributed by atoms with Crippen LogP contribution in [0.4, 0.5) is 26.0 Å². The highest BCUT2D eigenvalue weighted by Crippen LogP contribution is 2.54. The highest BCUT2D eigenvalue weighted by Gasteiger charge is 2.46. The molecule has 196 valence electrons. The van der Waals surface area contributed by atoms with Gasteiger partial charge in [-0.1, -0.05) is 11.9 Å². The van der Waals surface area contributed by atoms with E-state index in [4.69, 9.17) is 5.11 Å². The molecule has 1 saturated heterocycles. The Balaban J connectivity index is 0.000000179. The molecule has 6 nitrogen and oxygen atoms in total. The van der Waals surface area contributed by atoms with Crippen LogP contribution in [0.15, 0.2) is 30.3 Å². The maximum absolute atomic E-state index is 12.7. The first-order chi connectivity index (χ1) is 17.3. The van der Waals surface area contributed by atoms with Crippen molar-refractivity contribution in [2.24, 2.45) is 5.41 Å². The Labute approximate surface area is 216 Å². The van der Waals surface area contributed by atoms with E-state index in [1.807, 2.05) is 31.2 Å². The van der Waals surface area contributed by atoms with Crippen molar-refractivity contribution in [2.45, 2.75) is 57.3 Å². The number of aryl methyl sites for hydroxylation is 1. The number of carbonyl (C=O) groups excluding carboxylic acids is 1. The van der Waals surface area contributed by atoms with Crippen molar-refractivity contribution < 1.29 is 18.7 Å². The van der Waals surface area contributed by atoms with Crippen molar-refractivity contribution in [3.05, 3.63) is 47.2 Å². The summed E-state index contributed by atoms with van der Waals surface area (Å²) in [5, 5.41) is 11.8. The molecule has 2 aromatic rings. The molecule has 36 heavy (non-hydrogen) atoms. The third-order valence-corrected chi connectivity index (χ3v) is 8.18. The van der Waals surface area contributed by atoms with E-state index in [2.05, 4.69) is 26.0 Å². The molecule has 3 fully saturated rings. The summed E-state index contributed by atoms with van der Waals surface area (Å²) < 4.78 is 28.6. The lowest BCUT2D eigenvalue weighted by atomic mass is 9.79. The van der Waals surface area contributed by atoms with Crippen molar-refractivity contribution in [3.63, 3.8) is 0 Å². The Bertz CT molecular complexity index is 1050. The van der Waals surface area contributed by atoms with E-state index in [0.29, 0.717) is 11.2 Å². The number of benzene rings is 1. The van der Waals surface area contributed by atoms with Gasteiger partial charge in [-0.2, -0.15) is 0 Å². The molecule has 3 N–H and O–H groups in total. The van der Waals surface area contributed by atoms with E-state index in [-0.39, 0.29) is 25.4 Å². The predicted molar refractivity (Wildman–Crippen MR) is 144 cm³/mol. The van der Waals surface area contributed by atoms with Gasteiger partial charge in [-0.15, -0.1) is 0 Å². The second kappa shape index (κ2) is 11.3. The first-order valence-electron chi connectivity index (χ1n) is 12.6. The molecular formula is C27H36F2N4O2S. The SMILES string of the molecule is CNc1cc(C)cc(C2CC(F)(F)C2)n1.O=Cc1ccc(NSCCO)cc1N1CCC2(CC1)CC2. The van der Waals surface area contributed by atoms with Gasteiger partial charge in [0.15, 0.2) is 6.29 Å². The van der Waals surface area contributed by atoms with Crippen LogP contribution in [0.5, 0.6) is 0 Å². The molecule has 1 aliphatic heterocycles. The summed E-state index contributed by atoms with van der Waals surface area (Å²) in [5.74, 6) is -1.15. The standard InChI is InChI=1S/C16H22N2O2S.C11H14F2N2/c19-9-10-21-17-14-2-1-13(12-20)15(11-14)18-7-5-16(3-4-16)6-8-18;1-7-3-9(15-10(4-7)14-2)8-5-11(12,13)6-8/h1-2,11-12,17,19H,3-10H2;3-4,8H,5-6H2,1-2H3,(H,14,15). The van der Waals surface area contributed by atoms with Gasteiger partial charge in [0.25, 0.3) is 0 Å². The van der Waals surface area contributed by atoms with Crippen LogP contribution < -0.4 is 14.9 Å². The minimum atomic E-state index is -2.48. The van der Waals surface area contributed by atoms with Crippen molar-refractivity contribution in [1.29, 1.82) is 0 Å². The van der Waals surface area contributed by atoms with Gasteiger partial charge in [0.2, 0.25) is 5.92 Å². The topological polar surface area (TPSA) is 77.5 Å². The largest absolute Gasteiger partial charge is 0.395 e. The number of aldehydes is 1. The number of rotatable bonds is 8. The van der Waals surface area contributed by atoms with Crippen LogP contribution in [0, 0.1) is 12.3 Å². The third-order valence-electron chi connectivity index (χ3n) is 7.42. The molecule has 1 spiro atoms. The summed E-state index contributed by atoms with van der Waals surface area (Å²) in [4.78, 5) is 17.9. The summed E-state index contributed by atoms with van der Waals surface area (Å²) in [6.45, 7) is 4.20. The van der Waals surface area contributed by atoms with E-state index in [9.17, 15) is 13.6 Å². The van der Waals surface area contributed by atoms with Gasteiger partial charge in [-0.3, -0.25) is 4.79 Å². The first kappa shape index (κ1) is 26.7. The molecule has 0 bridgehead atoms. The molecule has 0 unspecified atom stereocenters. The van der Waals surface area contributed by atoms with Crippen molar-refractivity contribution in [1.82, 2.24) is 4.98 Å². The fourth-order valence-corrected chi connectivity index (χ4v) is 5.45. The van der Waals surface area contributed by atoms with Crippen molar-refractivity contribution in [2.75, 3.05) is 47.4 Å². The number of anilines is 3. The number of nitrogens with zero attached hydrogens (tertiary/aromatic N) is 2. The molecule has 0 atom stereocenters. The zero-order valence-electron chi connectivity index (χ0n) is 21.0. The van der Waals surface area contributed by atoms with Crippen molar-refractivity contribution >= 4 is 35.4 Å². The number of carbonyl (C=O) groups is 1. The Morgan fingerprint density at radius 1 is 1.17 bits per heavy atom. The molecule has 1 aromatic carbocycles. The average Bonchev–Trinajstić information content (AvgIpc) is 3.61. The van der Waals surface area contributed by atoms with E-state index >= 15 is 0 Å². The molecule has 3 aliphatic rings. The third kappa shape index (κ3) is 6.68. The molecule has 0 radical (unpaired) electrons. The van der Waals surface area contributed by atoms with Crippen LogP contribution in [0.3, 0.4) is 0 Å². The second-order valence-corrected chi connectivity index (χ2v) is 11.1. The van der Waals surface area contributed by atoms with E-state index in [1.54, 1.807) is 7.05 Å². The van der Waals surface area contributed by atoms with E-state index in [1.165, 1.54) is 37.6 Å². The number of nitrogens with one attached hydrogen (secondary N) is 2. The smallest absolute Gasteiger partial charge is 0.249 e. The van der Waals surface area contributed by atoms with E-state index < -0.39 is 5.92 Å². The number of hydrogen-bond acceptors (Lipinski definition) is 7. The van der Waals surface area contributed by atoms with Gasteiger partial charge in [-0.05, 0) is 73.9 Å². The zero-order chi connectivity index (χ0) is 25.8. The molecule has 1 aromatic heterocycles. The van der Waals surface area contributed by atoms with Gasteiger partial charge < -0.3 is 20.0 Å². The molecule has 5 rings (SSSR count). The highest BCUT2D eigenvalue weighted by atomic mass is 32.2. The Morgan fingerprint density at radius 3 is 2.47 bits per heavy atom. The summed E-state index contributed by atoms with van der Waals surface area (Å²) in [7, 11) is 1.78. The number of pyridine rings is 1. The minimum Gasteiger partial charge on any atom is -0.395 e. The monoisotopic (exact) mass is 518 g/mol. The van der Waals surface area contributed by atoms with Gasteiger partial charge in [0, 0.05) is 67.3 Å². The van der Waals surface area contributed by atoms with Crippen LogP contribution in [0.1, 0.15) is 66.1 Å². The van der Waals surface area contributed by atoms with Gasteiger partial charge in [0.05, 0.1) is 6.61 Å². The summed E-state index contributed by atoms with van der Waals surface area (Å²) >= 11 is 1.48. The van der Waals surface area contributed by atoms with E-state index in [0.717, 1.165) is 53.4 Å². The van der Waals surface area contributed by atoms with Gasteiger partial charge in [0.1, 0.15) is 5.82 Å². The Hall–Kier alpha value is -2.39.